The molecule has 2 heteroatoms. The van der Waals surface area contributed by atoms with Crippen molar-refractivity contribution in [3.8, 4) is 6.07 Å². The second-order valence-corrected chi connectivity index (χ2v) is 4.39. The first-order chi connectivity index (χ1) is 7.54. The Hall–Kier alpha value is -1.75. The van der Waals surface area contributed by atoms with Crippen LogP contribution in [0.4, 0.5) is 0 Å². The molecule has 0 spiro atoms. The Morgan fingerprint density at radius 3 is 2.19 bits per heavy atom. The molecule has 0 radical (unpaired) electrons. The van der Waals surface area contributed by atoms with Crippen LogP contribution in [0, 0.1) is 11.3 Å². The highest BCUT2D eigenvalue weighted by Crippen LogP contribution is 2.19. The zero-order valence-corrected chi connectivity index (χ0v) is 10.4. The molecular weight excluding hydrogens is 196 g/mol. The van der Waals surface area contributed by atoms with Crippen molar-refractivity contribution in [3.63, 3.8) is 0 Å². The third-order valence-electron chi connectivity index (χ3n) is 2.40. The van der Waals surface area contributed by atoms with Crippen LogP contribution in [0.1, 0.15) is 30.9 Å². The van der Waals surface area contributed by atoms with Crippen LogP contribution >= 0.6 is 0 Å². The van der Waals surface area contributed by atoms with Gasteiger partial charge in [-0.2, -0.15) is 5.26 Å². The summed E-state index contributed by atoms with van der Waals surface area (Å²) in [5.74, 6) is 0.525. The first-order valence-electron chi connectivity index (χ1n) is 5.43. The van der Waals surface area contributed by atoms with Crippen molar-refractivity contribution in [2.24, 2.45) is 0 Å². The van der Waals surface area contributed by atoms with E-state index in [0.29, 0.717) is 11.5 Å². The lowest BCUT2D eigenvalue weighted by atomic mass is 9.99. The normalized spacial score (nSPS) is 11.4. The number of benzene rings is 1. The van der Waals surface area contributed by atoms with Gasteiger partial charge in [-0.05, 0) is 17.0 Å². The predicted molar refractivity (Wildman–Crippen MR) is 67.8 cm³/mol. The highest BCUT2D eigenvalue weighted by atomic mass is 15.0. The lowest BCUT2D eigenvalue weighted by Crippen LogP contribution is -2.02. The van der Waals surface area contributed by atoms with Crippen LogP contribution in [-0.2, 0) is 0 Å². The number of hydrogen-bond acceptors (Lipinski definition) is 2. The van der Waals surface area contributed by atoms with Crippen molar-refractivity contribution in [1.82, 2.24) is 4.90 Å². The molecule has 0 heterocycles. The summed E-state index contributed by atoms with van der Waals surface area (Å²) in [6.45, 7) is 4.33. The summed E-state index contributed by atoms with van der Waals surface area (Å²) in [5.41, 5.74) is 2.96. The van der Waals surface area contributed by atoms with Crippen molar-refractivity contribution in [3.05, 3.63) is 41.6 Å². The fourth-order valence-corrected chi connectivity index (χ4v) is 1.47. The molecule has 1 aromatic rings. The van der Waals surface area contributed by atoms with Gasteiger partial charge in [-0.1, -0.05) is 38.1 Å². The van der Waals surface area contributed by atoms with E-state index in [2.05, 4.69) is 32.0 Å². The van der Waals surface area contributed by atoms with Crippen LogP contribution in [-0.4, -0.2) is 19.0 Å². The van der Waals surface area contributed by atoms with Crippen molar-refractivity contribution in [2.45, 2.75) is 19.8 Å². The highest BCUT2D eigenvalue weighted by Gasteiger charge is 2.03. The summed E-state index contributed by atoms with van der Waals surface area (Å²) < 4.78 is 0. The molecule has 0 aromatic heterocycles. The first kappa shape index (κ1) is 12.3. The maximum absolute atomic E-state index is 9.06. The quantitative estimate of drug-likeness (QED) is 0.722. The molecule has 0 atom stereocenters. The smallest absolute Gasteiger partial charge is 0.101 e. The Balaban J connectivity index is 3.01. The third kappa shape index (κ3) is 3.13. The Kier molecular flexibility index (Phi) is 4.13. The number of nitrogens with zero attached hydrogens (tertiary/aromatic N) is 2. The minimum atomic E-state index is 0.525. The average molecular weight is 214 g/mol. The van der Waals surface area contributed by atoms with Crippen LogP contribution in [0.5, 0.6) is 0 Å². The molecule has 0 N–H and O–H groups in total. The fraction of sp³-hybridized carbons (Fsp3) is 0.357. The molecule has 1 rings (SSSR count). The monoisotopic (exact) mass is 214 g/mol. The van der Waals surface area contributed by atoms with E-state index in [1.807, 2.05) is 37.3 Å². The molecule has 0 aliphatic rings. The molecule has 0 amide bonds. The summed E-state index contributed by atoms with van der Waals surface area (Å²) in [6.07, 6.45) is 1.84. The summed E-state index contributed by atoms with van der Waals surface area (Å²) >= 11 is 0. The van der Waals surface area contributed by atoms with Crippen molar-refractivity contribution in [2.75, 3.05) is 14.1 Å². The van der Waals surface area contributed by atoms with E-state index in [9.17, 15) is 0 Å². The van der Waals surface area contributed by atoms with E-state index >= 15 is 0 Å². The average Bonchev–Trinajstić information content (AvgIpc) is 2.25. The van der Waals surface area contributed by atoms with E-state index in [1.54, 1.807) is 0 Å². The van der Waals surface area contributed by atoms with E-state index in [0.717, 1.165) is 5.56 Å². The van der Waals surface area contributed by atoms with Gasteiger partial charge in [0.2, 0.25) is 0 Å². The fourth-order valence-electron chi connectivity index (χ4n) is 1.47. The first-order valence-corrected chi connectivity index (χ1v) is 5.43. The van der Waals surface area contributed by atoms with Crippen molar-refractivity contribution in [1.29, 1.82) is 5.26 Å². The van der Waals surface area contributed by atoms with Gasteiger partial charge in [0.05, 0.1) is 5.57 Å². The van der Waals surface area contributed by atoms with Crippen LogP contribution < -0.4 is 0 Å². The second kappa shape index (κ2) is 5.37. The van der Waals surface area contributed by atoms with Gasteiger partial charge in [0.1, 0.15) is 6.07 Å². The zero-order valence-electron chi connectivity index (χ0n) is 10.4. The topological polar surface area (TPSA) is 27.0 Å². The molecule has 0 aliphatic heterocycles. The molecule has 1 aromatic carbocycles. The van der Waals surface area contributed by atoms with Gasteiger partial charge in [-0.15, -0.1) is 0 Å². The Labute approximate surface area is 97.8 Å². The third-order valence-corrected chi connectivity index (χ3v) is 2.40. The summed E-state index contributed by atoms with van der Waals surface area (Å²) in [6, 6.07) is 10.4. The molecular formula is C14H18N2. The molecule has 16 heavy (non-hydrogen) atoms. The maximum Gasteiger partial charge on any atom is 0.101 e. The standard InChI is InChI=1S/C14H18N2/c1-11(2)12-5-7-13(8-6-12)14(9-15)10-16(3)4/h5-8,10-11H,1-4H3/b14-10+. The Bertz CT molecular complexity index is 405. The number of hydrogen-bond donors (Lipinski definition) is 0. The van der Waals surface area contributed by atoms with Gasteiger partial charge in [0.25, 0.3) is 0 Å². The lowest BCUT2D eigenvalue weighted by molar-refractivity contribution is 0.566. The van der Waals surface area contributed by atoms with Gasteiger partial charge in [-0.25, -0.2) is 0 Å². The van der Waals surface area contributed by atoms with Crippen molar-refractivity contribution < 1.29 is 0 Å². The molecule has 0 fully saturated rings. The van der Waals surface area contributed by atoms with Gasteiger partial charge in [-0.3, -0.25) is 0 Å². The zero-order chi connectivity index (χ0) is 12.1. The molecule has 0 saturated heterocycles. The molecule has 0 bridgehead atoms. The van der Waals surface area contributed by atoms with Crippen LogP contribution in [0.25, 0.3) is 5.57 Å². The lowest BCUT2D eigenvalue weighted by Gasteiger charge is -2.08. The molecule has 84 valence electrons. The highest BCUT2D eigenvalue weighted by molar-refractivity contribution is 5.76. The molecule has 0 saturated carbocycles. The van der Waals surface area contributed by atoms with Crippen LogP contribution in [0.2, 0.25) is 0 Å². The van der Waals surface area contributed by atoms with Crippen LogP contribution in [0.3, 0.4) is 0 Å². The van der Waals surface area contributed by atoms with E-state index < -0.39 is 0 Å². The van der Waals surface area contributed by atoms with Gasteiger partial charge >= 0.3 is 0 Å². The van der Waals surface area contributed by atoms with E-state index in [-0.39, 0.29) is 0 Å². The van der Waals surface area contributed by atoms with Crippen LogP contribution in [0.15, 0.2) is 30.5 Å². The summed E-state index contributed by atoms with van der Waals surface area (Å²) in [7, 11) is 3.83. The Morgan fingerprint density at radius 2 is 1.81 bits per heavy atom. The maximum atomic E-state index is 9.06. The minimum Gasteiger partial charge on any atom is -0.382 e. The molecule has 0 unspecified atom stereocenters. The van der Waals surface area contributed by atoms with Gasteiger partial charge in [0, 0.05) is 20.3 Å². The number of rotatable bonds is 3. The number of nitriles is 1. The predicted octanol–water partition coefficient (Wildman–Crippen LogP) is 3.24. The minimum absolute atomic E-state index is 0.525. The van der Waals surface area contributed by atoms with E-state index in [4.69, 9.17) is 5.26 Å². The second-order valence-electron chi connectivity index (χ2n) is 4.39. The van der Waals surface area contributed by atoms with E-state index in [1.165, 1.54) is 5.56 Å². The summed E-state index contributed by atoms with van der Waals surface area (Å²) in [4.78, 5) is 1.88. The molecule has 2 nitrogen and oxygen atoms in total. The molecule has 0 aliphatic carbocycles. The number of allylic oxidation sites excluding steroid dienone is 1. The summed E-state index contributed by atoms with van der Waals surface area (Å²) in [5, 5.41) is 9.06. The Morgan fingerprint density at radius 1 is 1.25 bits per heavy atom. The van der Waals surface area contributed by atoms with Gasteiger partial charge in [0.15, 0.2) is 0 Å². The SMILES string of the molecule is CC(C)c1ccc(/C(C#N)=C/N(C)C)cc1. The largest absolute Gasteiger partial charge is 0.382 e. The van der Waals surface area contributed by atoms with Crippen molar-refractivity contribution >= 4 is 5.57 Å². The van der Waals surface area contributed by atoms with Gasteiger partial charge < -0.3 is 4.90 Å².